The Morgan fingerprint density at radius 2 is 1.48 bits per heavy atom. The first-order valence-electron chi connectivity index (χ1n) is 8.56. The molecule has 3 aromatic carbocycles. The molecule has 0 radical (unpaired) electrons. The molecule has 0 heterocycles. The average molecular weight is 446 g/mol. The van der Waals surface area contributed by atoms with Gasteiger partial charge in [0.25, 0.3) is 0 Å². The highest BCUT2D eigenvalue weighted by atomic mass is 35.5. The van der Waals surface area contributed by atoms with Gasteiger partial charge in [-0.1, -0.05) is 65.1 Å². The average Bonchev–Trinajstić information content (AvgIpc) is 2.68. The van der Waals surface area contributed by atoms with Gasteiger partial charge in [0.05, 0.1) is 27.5 Å². The van der Waals surface area contributed by atoms with Crippen LogP contribution in [0.1, 0.15) is 28.4 Å². The van der Waals surface area contributed by atoms with Crippen LogP contribution in [0.15, 0.2) is 71.8 Å². The Bertz CT molecular complexity index is 1060. The lowest BCUT2D eigenvalue weighted by molar-refractivity contribution is -0.116. The summed E-state index contributed by atoms with van der Waals surface area (Å²) in [5, 5.41) is 6.15. The number of benzene rings is 3. The van der Waals surface area contributed by atoms with Crippen molar-refractivity contribution < 1.29 is 9.59 Å². The lowest BCUT2D eigenvalue weighted by atomic mass is 10.0. The van der Waals surface area contributed by atoms with Gasteiger partial charge in [-0.2, -0.15) is 5.10 Å². The zero-order valence-corrected chi connectivity index (χ0v) is 17.5. The summed E-state index contributed by atoms with van der Waals surface area (Å²) in [5.74, 6) is -0.675. The molecular weight excluding hydrogens is 431 g/mol. The first kappa shape index (κ1) is 21.1. The number of hydrogen-bond donors (Lipinski definition) is 0. The number of rotatable bonds is 5. The maximum Gasteiger partial charge on any atom is 0.244 e. The van der Waals surface area contributed by atoms with Gasteiger partial charge in [-0.3, -0.25) is 9.59 Å². The molecule has 7 heteroatoms. The largest absolute Gasteiger partial charge is 0.288 e. The van der Waals surface area contributed by atoms with Crippen LogP contribution in [0.3, 0.4) is 0 Å². The van der Waals surface area contributed by atoms with Crippen LogP contribution in [0.25, 0.3) is 0 Å². The van der Waals surface area contributed by atoms with Crippen molar-refractivity contribution in [2.24, 2.45) is 5.10 Å². The quantitative estimate of drug-likeness (QED) is 0.264. The van der Waals surface area contributed by atoms with Gasteiger partial charge in [0, 0.05) is 17.5 Å². The molecule has 0 aromatic heterocycles. The molecule has 0 aliphatic carbocycles. The highest BCUT2D eigenvalue weighted by Crippen LogP contribution is 2.33. The lowest BCUT2D eigenvalue weighted by Gasteiger charge is -2.17. The molecular formula is C22H15Cl3N2O2. The number of halogens is 3. The molecule has 0 saturated carbocycles. The molecule has 0 bridgehead atoms. The Morgan fingerprint density at radius 3 is 2.03 bits per heavy atom. The first-order chi connectivity index (χ1) is 13.9. The van der Waals surface area contributed by atoms with Crippen LogP contribution in [0.4, 0.5) is 5.69 Å². The topological polar surface area (TPSA) is 49.7 Å². The molecule has 1 amide bonds. The van der Waals surface area contributed by atoms with Crippen molar-refractivity contribution in [3.05, 3.63) is 98.5 Å². The Hall–Kier alpha value is -2.66. The molecule has 3 rings (SSSR count). The van der Waals surface area contributed by atoms with Crippen LogP contribution < -0.4 is 5.01 Å². The minimum Gasteiger partial charge on any atom is -0.288 e. The second kappa shape index (κ2) is 9.23. The molecule has 29 heavy (non-hydrogen) atoms. The predicted octanol–water partition coefficient (Wildman–Crippen LogP) is 6.26. The van der Waals surface area contributed by atoms with Crippen molar-refractivity contribution in [2.75, 3.05) is 5.01 Å². The predicted molar refractivity (Wildman–Crippen MR) is 119 cm³/mol. The van der Waals surface area contributed by atoms with Gasteiger partial charge in [0.15, 0.2) is 5.78 Å². The molecule has 0 aliphatic heterocycles. The van der Waals surface area contributed by atoms with Crippen molar-refractivity contribution in [3.63, 3.8) is 0 Å². The fourth-order valence-electron chi connectivity index (χ4n) is 2.64. The van der Waals surface area contributed by atoms with E-state index < -0.39 is 0 Å². The van der Waals surface area contributed by atoms with Crippen LogP contribution >= 0.6 is 34.8 Å². The minimum atomic E-state index is -0.342. The van der Waals surface area contributed by atoms with Gasteiger partial charge in [-0.05, 0) is 42.0 Å². The van der Waals surface area contributed by atoms with E-state index in [1.54, 1.807) is 30.5 Å². The number of anilines is 1. The third-order valence-corrected chi connectivity index (χ3v) is 4.87. The standard InChI is InChI=1S/C22H15Cl3N2O2/c1-14(28)27(26-13-15-5-3-2-4-6-15)18-11-19(24)21(20(25)12-18)22(29)16-7-9-17(23)10-8-16/h2-13H,1H3. The summed E-state index contributed by atoms with van der Waals surface area (Å²) in [6.07, 6.45) is 1.55. The van der Waals surface area contributed by atoms with Gasteiger partial charge in [0.1, 0.15) is 0 Å². The molecule has 0 saturated heterocycles. The Morgan fingerprint density at radius 1 is 0.897 bits per heavy atom. The van der Waals surface area contributed by atoms with Crippen LogP contribution in [-0.4, -0.2) is 17.9 Å². The third-order valence-electron chi connectivity index (χ3n) is 4.03. The van der Waals surface area contributed by atoms with Crippen LogP contribution in [0, 0.1) is 0 Å². The van der Waals surface area contributed by atoms with Crippen molar-refractivity contribution in [3.8, 4) is 0 Å². The van der Waals surface area contributed by atoms with E-state index in [0.717, 1.165) is 5.56 Å². The van der Waals surface area contributed by atoms with E-state index in [1.165, 1.54) is 24.1 Å². The summed E-state index contributed by atoms with van der Waals surface area (Å²) in [7, 11) is 0. The summed E-state index contributed by atoms with van der Waals surface area (Å²) in [4.78, 5) is 24.9. The number of ketones is 1. The molecule has 0 fully saturated rings. The number of hydrazone groups is 1. The summed E-state index contributed by atoms with van der Waals surface area (Å²) in [6.45, 7) is 1.37. The second-order valence-corrected chi connectivity index (χ2v) is 7.36. The van der Waals surface area contributed by atoms with E-state index in [0.29, 0.717) is 16.3 Å². The molecule has 0 spiro atoms. The molecule has 146 valence electrons. The SMILES string of the molecule is CC(=O)N(N=Cc1ccccc1)c1cc(Cl)c(C(=O)c2ccc(Cl)cc2)c(Cl)c1. The van der Waals surface area contributed by atoms with E-state index in [9.17, 15) is 9.59 Å². The zero-order valence-electron chi connectivity index (χ0n) is 15.3. The van der Waals surface area contributed by atoms with Crippen LogP contribution in [0.5, 0.6) is 0 Å². The number of hydrogen-bond acceptors (Lipinski definition) is 3. The molecule has 0 atom stereocenters. The van der Waals surface area contributed by atoms with Crippen molar-refractivity contribution in [2.45, 2.75) is 6.92 Å². The fourth-order valence-corrected chi connectivity index (χ4v) is 3.41. The van der Waals surface area contributed by atoms with E-state index >= 15 is 0 Å². The Balaban J connectivity index is 1.96. The lowest BCUT2D eigenvalue weighted by Crippen LogP contribution is -2.22. The van der Waals surface area contributed by atoms with E-state index in [-0.39, 0.29) is 27.3 Å². The van der Waals surface area contributed by atoms with Crippen molar-refractivity contribution in [1.29, 1.82) is 0 Å². The monoisotopic (exact) mass is 444 g/mol. The third kappa shape index (κ3) is 5.04. The zero-order chi connectivity index (χ0) is 21.0. The van der Waals surface area contributed by atoms with Gasteiger partial charge >= 0.3 is 0 Å². The van der Waals surface area contributed by atoms with E-state index in [4.69, 9.17) is 34.8 Å². The van der Waals surface area contributed by atoms with Crippen LogP contribution in [0.2, 0.25) is 15.1 Å². The highest BCUT2D eigenvalue weighted by Gasteiger charge is 2.21. The highest BCUT2D eigenvalue weighted by molar-refractivity contribution is 6.41. The fraction of sp³-hybridized carbons (Fsp3) is 0.0455. The van der Waals surface area contributed by atoms with E-state index in [1.807, 2.05) is 30.3 Å². The molecule has 0 aliphatic rings. The second-order valence-electron chi connectivity index (χ2n) is 6.11. The maximum atomic E-state index is 12.8. The smallest absolute Gasteiger partial charge is 0.244 e. The van der Waals surface area contributed by atoms with Gasteiger partial charge < -0.3 is 0 Å². The summed E-state index contributed by atoms with van der Waals surface area (Å²) < 4.78 is 0. The summed E-state index contributed by atoms with van der Waals surface area (Å²) in [6, 6.07) is 18.7. The summed E-state index contributed by atoms with van der Waals surface area (Å²) >= 11 is 18.6. The number of carbonyl (C=O) groups is 2. The van der Waals surface area contributed by atoms with Crippen molar-refractivity contribution >= 4 is 58.4 Å². The van der Waals surface area contributed by atoms with E-state index in [2.05, 4.69) is 5.10 Å². The Kier molecular flexibility index (Phi) is 6.70. The number of nitrogens with zero attached hydrogens (tertiary/aromatic N) is 2. The first-order valence-corrected chi connectivity index (χ1v) is 9.69. The normalized spacial score (nSPS) is 10.9. The van der Waals surface area contributed by atoms with Gasteiger partial charge in [-0.25, -0.2) is 5.01 Å². The van der Waals surface area contributed by atoms with Gasteiger partial charge in [-0.15, -0.1) is 0 Å². The molecule has 0 unspecified atom stereocenters. The number of amides is 1. The summed E-state index contributed by atoms with van der Waals surface area (Å²) in [5.41, 5.74) is 1.73. The minimum absolute atomic E-state index is 0.119. The van der Waals surface area contributed by atoms with Crippen molar-refractivity contribution in [1.82, 2.24) is 0 Å². The van der Waals surface area contributed by atoms with Gasteiger partial charge in [0.2, 0.25) is 5.91 Å². The van der Waals surface area contributed by atoms with Crippen LogP contribution in [-0.2, 0) is 4.79 Å². The molecule has 3 aromatic rings. The Labute approximate surface area is 183 Å². The maximum absolute atomic E-state index is 12.8. The molecule has 0 N–H and O–H groups in total. The molecule has 4 nitrogen and oxygen atoms in total. The number of carbonyl (C=O) groups excluding carboxylic acids is 2.